The molecule has 1 N–H and O–H groups in total. The quantitative estimate of drug-likeness (QED) is 0.823. The van der Waals surface area contributed by atoms with E-state index >= 15 is 0 Å². The fourth-order valence-electron chi connectivity index (χ4n) is 1.32. The van der Waals surface area contributed by atoms with Crippen LogP contribution in [0, 0.1) is 5.92 Å². The van der Waals surface area contributed by atoms with Crippen LogP contribution in [0.2, 0.25) is 5.02 Å². The smallest absolute Gasteiger partial charge is 0.251 e. The third-order valence-corrected chi connectivity index (χ3v) is 3.42. The maximum atomic E-state index is 12.0. The molecule has 1 unspecified atom stereocenters. The molecule has 0 aliphatic heterocycles. The molecule has 0 saturated heterocycles. The van der Waals surface area contributed by atoms with Gasteiger partial charge in [0.2, 0.25) is 0 Å². The lowest BCUT2D eigenvalue weighted by Crippen LogP contribution is -2.39. The van der Waals surface area contributed by atoms with Crippen LogP contribution in [0.5, 0.6) is 0 Å². The molecule has 2 nitrogen and oxygen atoms in total. The summed E-state index contributed by atoms with van der Waals surface area (Å²) < 4.78 is 0.780. The molecule has 0 aliphatic rings. The highest BCUT2D eigenvalue weighted by Crippen LogP contribution is 2.19. The van der Waals surface area contributed by atoms with Crippen LogP contribution in [0.25, 0.3) is 0 Å². The van der Waals surface area contributed by atoms with E-state index in [0.717, 1.165) is 4.47 Å². The minimum absolute atomic E-state index is 0.0399. The zero-order chi connectivity index (χ0) is 13.0. The average molecular weight is 339 g/mol. The van der Waals surface area contributed by atoms with Crippen molar-refractivity contribution in [1.29, 1.82) is 0 Å². The third kappa shape index (κ3) is 4.49. The van der Waals surface area contributed by atoms with Gasteiger partial charge in [0, 0.05) is 27.0 Å². The van der Waals surface area contributed by atoms with E-state index < -0.39 is 0 Å². The molecule has 1 rings (SSSR count). The fourth-order valence-corrected chi connectivity index (χ4v) is 2.61. The van der Waals surface area contributed by atoms with Crippen molar-refractivity contribution in [3.05, 3.63) is 33.3 Å². The molecule has 1 aromatic carbocycles. The van der Waals surface area contributed by atoms with Crippen molar-refractivity contribution in [1.82, 2.24) is 5.32 Å². The minimum atomic E-state index is -0.160. The van der Waals surface area contributed by atoms with Gasteiger partial charge < -0.3 is 5.32 Å². The Balaban J connectivity index is 2.82. The number of rotatable bonds is 4. The summed E-state index contributed by atoms with van der Waals surface area (Å²) in [5.41, 5.74) is 0.528. The maximum Gasteiger partial charge on any atom is 0.251 e. The molecule has 5 heteroatoms. The first-order chi connectivity index (χ1) is 7.93. The molecule has 0 radical (unpaired) electrons. The number of benzene rings is 1. The van der Waals surface area contributed by atoms with E-state index in [2.05, 4.69) is 21.2 Å². The van der Waals surface area contributed by atoms with Gasteiger partial charge in [-0.3, -0.25) is 4.79 Å². The first-order valence-electron chi connectivity index (χ1n) is 5.27. The maximum absolute atomic E-state index is 12.0. The third-order valence-electron chi connectivity index (χ3n) is 2.41. The number of hydrogen-bond acceptors (Lipinski definition) is 1. The lowest BCUT2D eigenvalue weighted by atomic mass is 10.1. The Morgan fingerprint density at radius 1 is 1.41 bits per heavy atom. The molecule has 0 spiro atoms. The number of amides is 1. The molecule has 1 atom stereocenters. The second-order valence-corrected chi connectivity index (χ2v) is 5.80. The Morgan fingerprint density at radius 3 is 2.53 bits per heavy atom. The van der Waals surface area contributed by atoms with Gasteiger partial charge in [0.1, 0.15) is 0 Å². The van der Waals surface area contributed by atoms with E-state index in [4.69, 9.17) is 23.2 Å². The van der Waals surface area contributed by atoms with Crippen LogP contribution >= 0.6 is 39.1 Å². The summed E-state index contributed by atoms with van der Waals surface area (Å²) in [7, 11) is 0. The molecule has 1 aromatic rings. The van der Waals surface area contributed by atoms with E-state index in [1.165, 1.54) is 0 Å². The molecule has 0 heterocycles. The summed E-state index contributed by atoms with van der Waals surface area (Å²) in [5.74, 6) is 0.525. The SMILES string of the molecule is CC(C)C(CCl)NC(=O)c1cc(Cl)cc(Br)c1. The normalized spacial score (nSPS) is 12.6. The molecular weight excluding hydrogens is 325 g/mol. The average Bonchev–Trinajstić information content (AvgIpc) is 2.23. The van der Waals surface area contributed by atoms with Gasteiger partial charge in [0.05, 0.1) is 0 Å². The summed E-state index contributed by atoms with van der Waals surface area (Å²) >= 11 is 15.0. The van der Waals surface area contributed by atoms with Crippen LogP contribution < -0.4 is 5.32 Å². The van der Waals surface area contributed by atoms with E-state index in [1.807, 2.05) is 13.8 Å². The van der Waals surface area contributed by atoms with Crippen LogP contribution in [0.3, 0.4) is 0 Å². The van der Waals surface area contributed by atoms with E-state index in [0.29, 0.717) is 22.4 Å². The Hall–Kier alpha value is -0.250. The van der Waals surface area contributed by atoms with Crippen molar-refractivity contribution >= 4 is 45.0 Å². The predicted octanol–water partition coefficient (Wildman–Crippen LogP) is 4.10. The molecule has 0 bridgehead atoms. The van der Waals surface area contributed by atoms with Gasteiger partial charge in [0.25, 0.3) is 5.91 Å². The Morgan fingerprint density at radius 2 is 2.06 bits per heavy atom. The molecule has 0 aliphatic carbocycles. The molecule has 0 aromatic heterocycles. The van der Waals surface area contributed by atoms with Crippen molar-refractivity contribution in [3.63, 3.8) is 0 Å². The van der Waals surface area contributed by atoms with Gasteiger partial charge in [-0.2, -0.15) is 0 Å². The van der Waals surface area contributed by atoms with Crippen molar-refractivity contribution in [2.45, 2.75) is 19.9 Å². The number of halogens is 3. The number of carbonyl (C=O) groups excluding carboxylic acids is 1. The van der Waals surface area contributed by atoms with Crippen LogP contribution in [0.1, 0.15) is 24.2 Å². The number of nitrogens with one attached hydrogen (secondary N) is 1. The van der Waals surface area contributed by atoms with Crippen LogP contribution in [-0.2, 0) is 0 Å². The van der Waals surface area contributed by atoms with Crippen molar-refractivity contribution in [2.24, 2.45) is 5.92 Å². The summed E-state index contributed by atoms with van der Waals surface area (Å²) in [6, 6.07) is 5.06. The second-order valence-electron chi connectivity index (χ2n) is 4.14. The standard InChI is InChI=1S/C12H14BrCl2NO/c1-7(2)11(6-14)16-12(17)8-3-9(13)5-10(15)4-8/h3-5,7,11H,6H2,1-2H3,(H,16,17). The van der Waals surface area contributed by atoms with Gasteiger partial charge in [-0.1, -0.05) is 41.4 Å². The Bertz CT molecular complexity index is 389. The highest BCUT2D eigenvalue weighted by Gasteiger charge is 2.16. The number of hydrogen-bond donors (Lipinski definition) is 1. The first-order valence-corrected chi connectivity index (χ1v) is 6.97. The van der Waals surface area contributed by atoms with Crippen LogP contribution in [0.15, 0.2) is 22.7 Å². The van der Waals surface area contributed by atoms with Gasteiger partial charge in [-0.05, 0) is 24.1 Å². The van der Waals surface area contributed by atoms with Gasteiger partial charge in [-0.15, -0.1) is 11.6 Å². The van der Waals surface area contributed by atoms with Crippen molar-refractivity contribution < 1.29 is 4.79 Å². The number of carbonyl (C=O) groups is 1. The Labute approximate surface area is 120 Å². The van der Waals surface area contributed by atoms with Gasteiger partial charge in [-0.25, -0.2) is 0 Å². The molecular formula is C12H14BrCl2NO. The van der Waals surface area contributed by atoms with E-state index in [1.54, 1.807) is 18.2 Å². The summed E-state index contributed by atoms with van der Waals surface area (Å²) in [4.78, 5) is 12.0. The van der Waals surface area contributed by atoms with E-state index in [-0.39, 0.29) is 11.9 Å². The molecule has 0 fully saturated rings. The molecule has 1 amide bonds. The van der Waals surface area contributed by atoms with Crippen molar-refractivity contribution in [3.8, 4) is 0 Å². The van der Waals surface area contributed by atoms with Gasteiger partial charge >= 0.3 is 0 Å². The van der Waals surface area contributed by atoms with Crippen molar-refractivity contribution in [2.75, 3.05) is 5.88 Å². The molecule has 0 saturated carbocycles. The summed E-state index contributed by atoms with van der Waals surface area (Å²) in [5, 5.41) is 3.41. The van der Waals surface area contributed by atoms with Crippen LogP contribution in [0.4, 0.5) is 0 Å². The molecule has 17 heavy (non-hydrogen) atoms. The van der Waals surface area contributed by atoms with Gasteiger partial charge in [0.15, 0.2) is 0 Å². The lowest BCUT2D eigenvalue weighted by Gasteiger charge is -2.19. The topological polar surface area (TPSA) is 29.1 Å². The lowest BCUT2D eigenvalue weighted by molar-refractivity contribution is 0.0931. The minimum Gasteiger partial charge on any atom is -0.348 e. The number of alkyl halides is 1. The Kier molecular flexibility index (Phi) is 5.77. The summed E-state index contributed by atoms with van der Waals surface area (Å²) in [6.45, 7) is 4.03. The monoisotopic (exact) mass is 337 g/mol. The first kappa shape index (κ1) is 14.8. The zero-order valence-corrected chi connectivity index (χ0v) is 12.7. The largest absolute Gasteiger partial charge is 0.348 e. The predicted molar refractivity (Wildman–Crippen MR) is 76.0 cm³/mol. The second kappa shape index (κ2) is 6.62. The highest BCUT2D eigenvalue weighted by atomic mass is 79.9. The van der Waals surface area contributed by atoms with Crippen LogP contribution in [-0.4, -0.2) is 17.8 Å². The highest BCUT2D eigenvalue weighted by molar-refractivity contribution is 9.10. The fraction of sp³-hybridized carbons (Fsp3) is 0.417. The zero-order valence-electron chi connectivity index (χ0n) is 9.64. The molecule has 94 valence electrons. The van der Waals surface area contributed by atoms with E-state index in [9.17, 15) is 4.79 Å². The summed E-state index contributed by atoms with van der Waals surface area (Å²) in [6.07, 6.45) is 0.